The number of carboxylic acid groups (broad SMARTS) is 1. The summed E-state index contributed by atoms with van der Waals surface area (Å²) in [7, 11) is 0. The normalized spacial score (nSPS) is 21.1. The topological polar surface area (TPSA) is 67.8 Å². The zero-order valence-corrected chi connectivity index (χ0v) is 22.9. The first-order valence-corrected chi connectivity index (χ1v) is 13.8. The molecular formula is C28H37ClFNO4S. The molecule has 1 aliphatic carbocycles. The van der Waals surface area contributed by atoms with Crippen LogP contribution in [0.25, 0.3) is 0 Å². The van der Waals surface area contributed by atoms with Crippen molar-refractivity contribution in [2.24, 2.45) is 11.3 Å². The molecule has 1 heterocycles. The first-order chi connectivity index (χ1) is 16.9. The minimum absolute atomic E-state index is 0. The Balaban J connectivity index is 0.00000361. The molecule has 3 atom stereocenters. The summed E-state index contributed by atoms with van der Waals surface area (Å²) < 4.78 is 24.8. The number of carboxylic acids is 1. The van der Waals surface area contributed by atoms with Gasteiger partial charge in [0.1, 0.15) is 11.1 Å². The van der Waals surface area contributed by atoms with Gasteiger partial charge in [-0.1, -0.05) is 26.0 Å². The summed E-state index contributed by atoms with van der Waals surface area (Å²) in [6.45, 7) is 6.22. The zero-order valence-electron chi connectivity index (χ0n) is 21.2. The standard InChI is InChI=1S/C28H36FNO4S.ClH/c1-18(2)25-22-8-7-21(29)16-20(22)10-11-28(25,26(35-3)27(31)32)12-14-30-13-4-5-19-6-9-23-24(15-19)34-17-33-23;/h6-9,15-16,18,25-26,30H,4-5,10-14,17H2,1-3H3,(H,31,32);1H/t25-,26+,28?;/m1./s1. The predicted molar refractivity (Wildman–Crippen MR) is 145 cm³/mol. The van der Waals surface area contributed by atoms with Crippen LogP contribution >= 0.6 is 24.2 Å². The number of fused-ring (bicyclic) bond motifs is 2. The molecule has 36 heavy (non-hydrogen) atoms. The molecule has 0 bridgehead atoms. The number of ether oxygens (including phenoxy) is 2. The maximum atomic E-state index is 14.0. The van der Waals surface area contributed by atoms with Crippen molar-refractivity contribution in [2.75, 3.05) is 26.1 Å². The fourth-order valence-electron chi connectivity index (χ4n) is 6.20. The summed E-state index contributed by atoms with van der Waals surface area (Å²) in [5.41, 5.74) is 2.98. The van der Waals surface area contributed by atoms with Crippen molar-refractivity contribution in [3.63, 3.8) is 0 Å². The lowest BCUT2D eigenvalue weighted by molar-refractivity contribution is -0.140. The third-order valence-corrected chi connectivity index (χ3v) is 8.73. The van der Waals surface area contributed by atoms with Gasteiger partial charge in [-0.3, -0.25) is 4.79 Å². The molecule has 0 fully saturated rings. The summed E-state index contributed by atoms with van der Waals surface area (Å²) in [6, 6.07) is 11.1. The van der Waals surface area contributed by atoms with Gasteiger partial charge < -0.3 is 19.9 Å². The van der Waals surface area contributed by atoms with E-state index in [1.807, 2.05) is 24.5 Å². The molecule has 1 aliphatic heterocycles. The molecule has 0 spiro atoms. The minimum atomic E-state index is -0.753. The number of carbonyl (C=O) groups is 1. The molecule has 8 heteroatoms. The molecule has 198 valence electrons. The maximum absolute atomic E-state index is 14.0. The number of hydrogen-bond donors (Lipinski definition) is 2. The van der Waals surface area contributed by atoms with Gasteiger partial charge >= 0.3 is 5.97 Å². The van der Waals surface area contributed by atoms with Crippen LogP contribution in [0.4, 0.5) is 4.39 Å². The average molecular weight is 538 g/mol. The molecule has 2 aliphatic rings. The van der Waals surface area contributed by atoms with Gasteiger partial charge in [-0.25, -0.2) is 4.39 Å². The van der Waals surface area contributed by atoms with E-state index >= 15 is 0 Å². The number of benzene rings is 2. The molecule has 0 amide bonds. The molecule has 0 radical (unpaired) electrons. The van der Waals surface area contributed by atoms with E-state index in [1.54, 1.807) is 6.07 Å². The number of rotatable bonds is 11. The molecule has 0 aromatic heterocycles. The smallest absolute Gasteiger partial charge is 0.317 e. The Morgan fingerprint density at radius 3 is 2.69 bits per heavy atom. The van der Waals surface area contributed by atoms with Gasteiger partial charge in [-0.15, -0.1) is 24.2 Å². The second-order valence-corrected chi connectivity index (χ2v) is 11.0. The Hall–Kier alpha value is -1.96. The van der Waals surface area contributed by atoms with Crippen LogP contribution in [0.2, 0.25) is 0 Å². The van der Waals surface area contributed by atoms with Gasteiger partial charge in [0, 0.05) is 5.41 Å². The fourth-order valence-corrected chi connectivity index (χ4v) is 7.25. The largest absolute Gasteiger partial charge is 0.480 e. The van der Waals surface area contributed by atoms with Gasteiger partial charge in [0.15, 0.2) is 11.5 Å². The summed E-state index contributed by atoms with van der Waals surface area (Å²) >= 11 is 1.43. The van der Waals surface area contributed by atoms with Crippen LogP contribution in [-0.4, -0.2) is 42.5 Å². The second kappa shape index (κ2) is 12.5. The summed E-state index contributed by atoms with van der Waals surface area (Å²) in [4.78, 5) is 12.4. The van der Waals surface area contributed by atoms with Crippen molar-refractivity contribution in [1.29, 1.82) is 0 Å². The molecule has 5 nitrogen and oxygen atoms in total. The van der Waals surface area contributed by atoms with E-state index in [0.29, 0.717) is 6.42 Å². The van der Waals surface area contributed by atoms with E-state index in [2.05, 4.69) is 25.2 Å². The van der Waals surface area contributed by atoms with Crippen LogP contribution in [-0.2, 0) is 17.6 Å². The van der Waals surface area contributed by atoms with E-state index in [4.69, 9.17) is 9.47 Å². The van der Waals surface area contributed by atoms with Crippen molar-refractivity contribution >= 4 is 30.1 Å². The molecule has 2 aromatic carbocycles. The molecule has 2 aromatic rings. The van der Waals surface area contributed by atoms with E-state index in [9.17, 15) is 14.3 Å². The zero-order chi connectivity index (χ0) is 25.0. The summed E-state index contributed by atoms with van der Waals surface area (Å²) in [5.74, 6) is 0.955. The maximum Gasteiger partial charge on any atom is 0.317 e. The minimum Gasteiger partial charge on any atom is -0.480 e. The molecule has 1 unspecified atom stereocenters. The van der Waals surface area contributed by atoms with Crippen molar-refractivity contribution in [3.05, 3.63) is 58.9 Å². The van der Waals surface area contributed by atoms with E-state index < -0.39 is 16.6 Å². The number of halogens is 2. The van der Waals surface area contributed by atoms with Crippen molar-refractivity contribution in [1.82, 2.24) is 5.32 Å². The number of aryl methyl sites for hydroxylation is 2. The Morgan fingerprint density at radius 1 is 1.19 bits per heavy atom. The lowest BCUT2D eigenvalue weighted by Gasteiger charge is -2.50. The third-order valence-electron chi connectivity index (χ3n) is 7.59. The lowest BCUT2D eigenvalue weighted by Crippen LogP contribution is -2.49. The quantitative estimate of drug-likeness (QED) is 0.339. The van der Waals surface area contributed by atoms with Gasteiger partial charge in [0.05, 0.1) is 0 Å². The highest BCUT2D eigenvalue weighted by Gasteiger charge is 2.51. The lowest BCUT2D eigenvalue weighted by atomic mass is 9.57. The highest BCUT2D eigenvalue weighted by molar-refractivity contribution is 7.99. The van der Waals surface area contributed by atoms with Crippen LogP contribution in [0, 0.1) is 17.2 Å². The van der Waals surface area contributed by atoms with Gasteiger partial charge in [-0.2, -0.15) is 0 Å². The molecule has 4 rings (SSSR count). The Bertz CT molecular complexity index is 1050. The van der Waals surface area contributed by atoms with Crippen LogP contribution < -0.4 is 14.8 Å². The second-order valence-electron chi connectivity index (χ2n) is 10.0. The van der Waals surface area contributed by atoms with E-state index in [1.165, 1.54) is 23.4 Å². The van der Waals surface area contributed by atoms with Crippen molar-refractivity contribution in [3.8, 4) is 11.5 Å². The Labute approximate surface area is 223 Å². The average Bonchev–Trinajstić information content (AvgIpc) is 3.29. The molecule has 2 N–H and O–H groups in total. The monoisotopic (exact) mass is 537 g/mol. The van der Waals surface area contributed by atoms with E-state index in [-0.39, 0.29) is 36.9 Å². The number of hydrogen-bond acceptors (Lipinski definition) is 5. The van der Waals surface area contributed by atoms with Gasteiger partial charge in [0.2, 0.25) is 6.79 Å². The van der Waals surface area contributed by atoms with Gasteiger partial charge in [0.25, 0.3) is 0 Å². The van der Waals surface area contributed by atoms with Crippen LogP contribution in [0.1, 0.15) is 55.7 Å². The number of nitrogens with one attached hydrogen (secondary N) is 1. The van der Waals surface area contributed by atoms with Crippen molar-refractivity contribution in [2.45, 2.75) is 57.1 Å². The number of aliphatic carboxylic acids is 1. The highest BCUT2D eigenvalue weighted by atomic mass is 35.5. The number of thioether (sulfide) groups is 1. The van der Waals surface area contributed by atoms with E-state index in [0.717, 1.165) is 61.4 Å². The first kappa shape index (κ1) is 28.6. The predicted octanol–water partition coefficient (Wildman–Crippen LogP) is 6.08. The summed E-state index contributed by atoms with van der Waals surface area (Å²) in [5, 5.41) is 13.3. The Kier molecular flexibility index (Phi) is 9.95. The van der Waals surface area contributed by atoms with Gasteiger partial charge in [-0.05, 0) is 104 Å². The third kappa shape index (κ3) is 5.95. The van der Waals surface area contributed by atoms with Crippen LogP contribution in [0.5, 0.6) is 11.5 Å². The summed E-state index contributed by atoms with van der Waals surface area (Å²) in [6.07, 6.45) is 6.05. The van der Waals surface area contributed by atoms with Crippen molar-refractivity contribution < 1.29 is 23.8 Å². The highest BCUT2D eigenvalue weighted by Crippen LogP contribution is 2.56. The fraction of sp³-hybridized carbons (Fsp3) is 0.536. The molecular weight excluding hydrogens is 501 g/mol. The SMILES string of the molecule is CS[C@@H](C(=O)O)C1(CCNCCCc2ccc3c(c2)OCO3)CCc2cc(F)ccc2[C@H]1C(C)C.Cl. The Morgan fingerprint density at radius 2 is 1.97 bits per heavy atom. The van der Waals surface area contributed by atoms with Crippen LogP contribution in [0.3, 0.4) is 0 Å². The first-order valence-electron chi connectivity index (χ1n) is 12.5. The molecule has 0 saturated carbocycles. The molecule has 0 saturated heterocycles. The van der Waals surface area contributed by atoms with Crippen LogP contribution in [0.15, 0.2) is 36.4 Å².